The maximum Gasteiger partial charge on any atom is 0.250 e. The Morgan fingerprint density at radius 1 is 1.56 bits per heavy atom. The van der Waals surface area contributed by atoms with Crippen molar-refractivity contribution in [2.24, 2.45) is 0 Å². The Balaban J connectivity index is 1.94. The molecule has 1 aromatic rings. The van der Waals surface area contributed by atoms with E-state index in [1.165, 1.54) is 5.56 Å². The molecule has 2 rings (SSSR count). The number of carbonyl (C=O) groups is 1. The molecular formula is C14H20N2O2. The number of benzene rings is 1. The number of nitrogens with one attached hydrogen (secondary N) is 2. The molecule has 1 aromatic carbocycles. The highest BCUT2D eigenvalue weighted by Gasteiger charge is 2.23. The zero-order valence-corrected chi connectivity index (χ0v) is 10.9. The first kappa shape index (κ1) is 13.1. The summed E-state index contributed by atoms with van der Waals surface area (Å²) in [6.45, 7) is 6.04. The zero-order valence-electron chi connectivity index (χ0n) is 10.9. The third kappa shape index (κ3) is 3.31. The molecule has 18 heavy (non-hydrogen) atoms. The van der Waals surface area contributed by atoms with Gasteiger partial charge in [-0.05, 0) is 19.4 Å². The van der Waals surface area contributed by atoms with E-state index in [9.17, 15) is 4.79 Å². The molecule has 4 heteroatoms. The van der Waals surface area contributed by atoms with E-state index < -0.39 is 0 Å². The van der Waals surface area contributed by atoms with Crippen molar-refractivity contribution in [1.29, 1.82) is 0 Å². The molecule has 0 aliphatic carbocycles. The normalized spacial score (nSPS) is 21.3. The average Bonchev–Trinajstić information content (AvgIpc) is 2.39. The van der Waals surface area contributed by atoms with Gasteiger partial charge in [-0.25, -0.2) is 0 Å². The number of hydrogen-bond acceptors (Lipinski definition) is 3. The first-order valence-electron chi connectivity index (χ1n) is 6.36. The van der Waals surface area contributed by atoms with Crippen LogP contribution in [0.4, 0.5) is 0 Å². The van der Waals surface area contributed by atoms with E-state index in [4.69, 9.17) is 4.74 Å². The summed E-state index contributed by atoms with van der Waals surface area (Å²) in [4.78, 5) is 12.0. The van der Waals surface area contributed by atoms with E-state index in [1.54, 1.807) is 0 Å². The molecule has 0 radical (unpaired) electrons. The molecule has 4 nitrogen and oxygen atoms in total. The molecule has 1 aliphatic heterocycles. The molecule has 1 heterocycles. The molecule has 1 fully saturated rings. The van der Waals surface area contributed by atoms with Gasteiger partial charge in [0.1, 0.15) is 6.10 Å². The topological polar surface area (TPSA) is 50.4 Å². The highest BCUT2D eigenvalue weighted by atomic mass is 16.5. The molecule has 98 valence electrons. The lowest BCUT2D eigenvalue weighted by Crippen LogP contribution is -2.48. The molecular weight excluding hydrogens is 228 g/mol. The van der Waals surface area contributed by atoms with Crippen LogP contribution in [-0.4, -0.2) is 31.7 Å². The van der Waals surface area contributed by atoms with Gasteiger partial charge in [0.2, 0.25) is 0 Å². The second-order valence-electron chi connectivity index (χ2n) is 4.71. The van der Waals surface area contributed by atoms with Gasteiger partial charge in [0.15, 0.2) is 0 Å². The Bertz CT molecular complexity index is 414. The molecule has 0 saturated carbocycles. The Hall–Kier alpha value is -1.39. The van der Waals surface area contributed by atoms with Gasteiger partial charge in [0, 0.05) is 13.1 Å². The number of morpholine rings is 1. The van der Waals surface area contributed by atoms with E-state index in [2.05, 4.69) is 16.7 Å². The highest BCUT2D eigenvalue weighted by molar-refractivity contribution is 5.81. The fourth-order valence-corrected chi connectivity index (χ4v) is 2.06. The van der Waals surface area contributed by atoms with Crippen molar-refractivity contribution in [2.75, 3.05) is 19.7 Å². The average molecular weight is 248 g/mol. The molecule has 0 spiro atoms. The Labute approximate surface area is 108 Å². The fraction of sp³-hybridized carbons (Fsp3) is 0.500. The third-order valence-corrected chi connectivity index (χ3v) is 3.12. The van der Waals surface area contributed by atoms with Crippen LogP contribution in [0.2, 0.25) is 0 Å². The van der Waals surface area contributed by atoms with Crippen LogP contribution >= 0.6 is 0 Å². The first-order chi connectivity index (χ1) is 8.66. The first-order valence-corrected chi connectivity index (χ1v) is 6.36. The molecule has 1 unspecified atom stereocenters. The van der Waals surface area contributed by atoms with Crippen molar-refractivity contribution in [3.63, 3.8) is 0 Å². The van der Waals surface area contributed by atoms with Gasteiger partial charge in [-0.3, -0.25) is 4.79 Å². The van der Waals surface area contributed by atoms with Gasteiger partial charge in [0.05, 0.1) is 12.6 Å². The van der Waals surface area contributed by atoms with E-state index in [0.29, 0.717) is 13.2 Å². The molecule has 0 aromatic heterocycles. The summed E-state index contributed by atoms with van der Waals surface area (Å²) in [5, 5.41) is 6.14. The minimum absolute atomic E-state index is 0.00271. The van der Waals surface area contributed by atoms with Crippen molar-refractivity contribution < 1.29 is 9.53 Å². The lowest BCUT2D eigenvalue weighted by Gasteiger charge is -2.24. The second-order valence-corrected chi connectivity index (χ2v) is 4.71. The minimum Gasteiger partial charge on any atom is -0.366 e. The Morgan fingerprint density at radius 2 is 2.39 bits per heavy atom. The summed E-state index contributed by atoms with van der Waals surface area (Å²) >= 11 is 0. The summed E-state index contributed by atoms with van der Waals surface area (Å²) in [7, 11) is 0. The van der Waals surface area contributed by atoms with E-state index >= 15 is 0 Å². The lowest BCUT2D eigenvalue weighted by atomic mass is 10.1. The molecule has 1 amide bonds. The number of aryl methyl sites for hydroxylation is 1. The minimum atomic E-state index is -0.369. The predicted octanol–water partition coefficient (Wildman–Crippen LogP) is 1.16. The summed E-state index contributed by atoms with van der Waals surface area (Å²) in [5.74, 6) is -0.0452. The third-order valence-electron chi connectivity index (χ3n) is 3.12. The molecule has 2 N–H and O–H groups in total. The number of hydrogen-bond donors (Lipinski definition) is 2. The number of amides is 1. The Kier molecular flexibility index (Phi) is 4.33. The monoisotopic (exact) mass is 248 g/mol. The molecule has 0 bridgehead atoms. The van der Waals surface area contributed by atoms with E-state index in [0.717, 1.165) is 12.1 Å². The summed E-state index contributed by atoms with van der Waals surface area (Å²) in [6, 6.07) is 8.17. The van der Waals surface area contributed by atoms with Crippen LogP contribution < -0.4 is 10.6 Å². The van der Waals surface area contributed by atoms with Crippen molar-refractivity contribution in [3.05, 3.63) is 35.4 Å². The fourth-order valence-electron chi connectivity index (χ4n) is 2.06. The van der Waals surface area contributed by atoms with Gasteiger partial charge in [-0.2, -0.15) is 0 Å². The maximum absolute atomic E-state index is 12.0. The van der Waals surface area contributed by atoms with E-state index in [1.807, 2.05) is 32.0 Å². The van der Waals surface area contributed by atoms with Crippen molar-refractivity contribution in [3.8, 4) is 0 Å². The van der Waals surface area contributed by atoms with Crippen LogP contribution in [0.15, 0.2) is 24.3 Å². The van der Waals surface area contributed by atoms with E-state index in [-0.39, 0.29) is 18.1 Å². The molecule has 2 atom stereocenters. The number of ether oxygens (including phenoxy) is 1. The SMILES string of the molecule is Cc1cccc([C@@H](C)NC(=O)C2CNCCO2)c1. The Morgan fingerprint density at radius 3 is 3.06 bits per heavy atom. The van der Waals surface area contributed by atoms with Crippen LogP contribution in [0.3, 0.4) is 0 Å². The van der Waals surface area contributed by atoms with Crippen molar-refractivity contribution in [2.45, 2.75) is 26.0 Å². The van der Waals surface area contributed by atoms with Crippen molar-refractivity contribution >= 4 is 5.91 Å². The van der Waals surface area contributed by atoms with Crippen molar-refractivity contribution in [1.82, 2.24) is 10.6 Å². The van der Waals surface area contributed by atoms with Crippen LogP contribution in [0.5, 0.6) is 0 Å². The van der Waals surface area contributed by atoms with Gasteiger partial charge >= 0.3 is 0 Å². The van der Waals surface area contributed by atoms with Gasteiger partial charge in [0.25, 0.3) is 5.91 Å². The van der Waals surface area contributed by atoms with Gasteiger partial charge in [-0.1, -0.05) is 29.8 Å². The predicted molar refractivity (Wildman–Crippen MR) is 70.3 cm³/mol. The standard InChI is InChI=1S/C14H20N2O2/c1-10-4-3-5-12(8-10)11(2)16-14(17)13-9-15-6-7-18-13/h3-5,8,11,13,15H,6-7,9H2,1-2H3,(H,16,17)/t11-,13?/m1/s1. The van der Waals surface area contributed by atoms with Crippen LogP contribution in [0.25, 0.3) is 0 Å². The molecule has 1 saturated heterocycles. The maximum atomic E-state index is 12.0. The summed E-state index contributed by atoms with van der Waals surface area (Å²) in [5.41, 5.74) is 2.32. The van der Waals surface area contributed by atoms with Crippen LogP contribution in [0.1, 0.15) is 24.1 Å². The molecule has 1 aliphatic rings. The highest BCUT2D eigenvalue weighted by Crippen LogP contribution is 2.14. The lowest BCUT2D eigenvalue weighted by molar-refractivity contribution is -0.134. The second kappa shape index (κ2) is 5.98. The zero-order chi connectivity index (χ0) is 13.0. The number of rotatable bonds is 3. The smallest absolute Gasteiger partial charge is 0.250 e. The summed E-state index contributed by atoms with van der Waals surface area (Å²) < 4.78 is 5.43. The van der Waals surface area contributed by atoms with Crippen LogP contribution in [0, 0.1) is 6.92 Å². The number of carbonyl (C=O) groups excluding carboxylic acids is 1. The van der Waals surface area contributed by atoms with Gasteiger partial charge in [-0.15, -0.1) is 0 Å². The summed E-state index contributed by atoms with van der Waals surface area (Å²) in [6.07, 6.45) is -0.369. The quantitative estimate of drug-likeness (QED) is 0.844. The van der Waals surface area contributed by atoms with Crippen LogP contribution in [-0.2, 0) is 9.53 Å². The largest absolute Gasteiger partial charge is 0.366 e. The van der Waals surface area contributed by atoms with Gasteiger partial charge < -0.3 is 15.4 Å².